The summed E-state index contributed by atoms with van der Waals surface area (Å²) in [5.74, 6) is -0.363. The van der Waals surface area contributed by atoms with Gasteiger partial charge in [0.25, 0.3) is 0 Å². The molecule has 1 aliphatic heterocycles. The normalized spacial score (nSPS) is 19.7. The number of hydrogen-bond acceptors (Lipinski definition) is 4. The zero-order chi connectivity index (χ0) is 23.3. The van der Waals surface area contributed by atoms with Crippen LogP contribution in [0.1, 0.15) is 77.8 Å². The summed E-state index contributed by atoms with van der Waals surface area (Å²) in [4.78, 5) is 40.1. The van der Waals surface area contributed by atoms with Crippen molar-refractivity contribution in [3.8, 4) is 0 Å². The third-order valence-corrected chi connectivity index (χ3v) is 6.07. The summed E-state index contributed by atoms with van der Waals surface area (Å²) in [5, 5.41) is 5.99. The van der Waals surface area contributed by atoms with Gasteiger partial charge < -0.3 is 15.4 Å². The lowest BCUT2D eigenvalue weighted by molar-refractivity contribution is -0.143. The lowest BCUT2D eigenvalue weighted by Crippen LogP contribution is -2.48. The van der Waals surface area contributed by atoms with Crippen LogP contribution in [0.3, 0.4) is 0 Å². The molecule has 1 atom stereocenters. The number of hydrogen-bond donors (Lipinski definition) is 2. The number of carbonyl (C=O) groups is 3. The van der Waals surface area contributed by atoms with E-state index in [0.717, 1.165) is 37.7 Å². The Kier molecular flexibility index (Phi) is 7.94. The van der Waals surface area contributed by atoms with E-state index in [-0.39, 0.29) is 24.0 Å². The van der Waals surface area contributed by atoms with Gasteiger partial charge in [-0.05, 0) is 57.7 Å². The summed E-state index contributed by atoms with van der Waals surface area (Å²) in [6.45, 7) is 7.88. The van der Waals surface area contributed by atoms with Crippen molar-refractivity contribution in [1.82, 2.24) is 10.2 Å². The molecule has 3 rings (SSSR count). The van der Waals surface area contributed by atoms with E-state index in [1.54, 1.807) is 25.7 Å². The first kappa shape index (κ1) is 23.8. The second-order valence-corrected chi connectivity index (χ2v) is 8.94. The van der Waals surface area contributed by atoms with Gasteiger partial charge >= 0.3 is 12.0 Å². The van der Waals surface area contributed by atoms with Gasteiger partial charge in [0.05, 0.1) is 17.7 Å². The SMILES string of the molecule is CCCN1C(=O)N[C@@H](c2cccc(NC(=O)C3CCCCC3)c2)C(C(=O)OC(C)C)=C1C. The molecule has 2 aliphatic rings. The number of nitrogens with one attached hydrogen (secondary N) is 2. The second kappa shape index (κ2) is 10.7. The average Bonchev–Trinajstić information content (AvgIpc) is 2.76. The van der Waals surface area contributed by atoms with Gasteiger partial charge in [-0.25, -0.2) is 9.59 Å². The van der Waals surface area contributed by atoms with Crippen LogP contribution in [0.25, 0.3) is 0 Å². The molecule has 0 spiro atoms. The molecule has 3 amide bonds. The molecule has 7 nitrogen and oxygen atoms in total. The first-order valence-electron chi connectivity index (χ1n) is 11.7. The zero-order valence-corrected chi connectivity index (χ0v) is 19.6. The third-order valence-electron chi connectivity index (χ3n) is 6.07. The van der Waals surface area contributed by atoms with Crippen molar-refractivity contribution in [2.24, 2.45) is 5.92 Å². The number of rotatable bonds is 7. The maximum Gasteiger partial charge on any atom is 0.338 e. The van der Waals surface area contributed by atoms with Crippen LogP contribution < -0.4 is 10.6 Å². The number of urea groups is 1. The predicted octanol–water partition coefficient (Wildman–Crippen LogP) is 4.91. The fourth-order valence-corrected chi connectivity index (χ4v) is 4.47. The minimum absolute atomic E-state index is 0.0369. The minimum Gasteiger partial charge on any atom is -0.459 e. The molecule has 1 saturated carbocycles. The number of carbonyl (C=O) groups excluding carboxylic acids is 3. The van der Waals surface area contributed by atoms with E-state index in [4.69, 9.17) is 4.74 Å². The molecule has 0 unspecified atom stereocenters. The Labute approximate surface area is 190 Å². The minimum atomic E-state index is -0.645. The first-order chi connectivity index (χ1) is 15.3. The summed E-state index contributed by atoms with van der Waals surface area (Å²) in [7, 11) is 0. The van der Waals surface area contributed by atoms with Crippen LogP contribution in [0.15, 0.2) is 35.5 Å². The summed E-state index contributed by atoms with van der Waals surface area (Å²) in [6.07, 6.45) is 5.70. The molecular weight excluding hydrogens is 406 g/mol. The van der Waals surface area contributed by atoms with Gasteiger partial charge in [-0.1, -0.05) is 38.3 Å². The number of allylic oxidation sites excluding steroid dienone is 1. The maximum atomic E-state index is 13.0. The lowest BCUT2D eigenvalue weighted by Gasteiger charge is -2.35. The predicted molar refractivity (Wildman–Crippen MR) is 124 cm³/mol. The lowest BCUT2D eigenvalue weighted by atomic mass is 9.88. The largest absolute Gasteiger partial charge is 0.459 e. The fraction of sp³-hybridized carbons (Fsp3) is 0.560. The Morgan fingerprint density at radius 3 is 2.59 bits per heavy atom. The molecular formula is C25H35N3O4. The van der Waals surface area contributed by atoms with E-state index in [9.17, 15) is 14.4 Å². The molecule has 1 fully saturated rings. The van der Waals surface area contributed by atoms with E-state index in [2.05, 4.69) is 10.6 Å². The highest BCUT2D eigenvalue weighted by molar-refractivity contribution is 5.96. The molecule has 2 N–H and O–H groups in total. The molecule has 174 valence electrons. The molecule has 32 heavy (non-hydrogen) atoms. The fourth-order valence-electron chi connectivity index (χ4n) is 4.47. The van der Waals surface area contributed by atoms with Gasteiger partial charge in [0.15, 0.2) is 0 Å². The van der Waals surface area contributed by atoms with Crippen molar-refractivity contribution >= 4 is 23.6 Å². The summed E-state index contributed by atoms with van der Waals surface area (Å²) in [5.41, 5.74) is 2.41. The van der Waals surface area contributed by atoms with E-state index >= 15 is 0 Å². The molecule has 0 bridgehead atoms. The smallest absolute Gasteiger partial charge is 0.338 e. The van der Waals surface area contributed by atoms with Crippen LogP contribution in [-0.2, 0) is 14.3 Å². The quantitative estimate of drug-likeness (QED) is 0.589. The van der Waals surface area contributed by atoms with Crippen LogP contribution in [0, 0.1) is 5.92 Å². The number of benzene rings is 1. The number of nitrogens with zero attached hydrogens (tertiary/aromatic N) is 1. The van der Waals surface area contributed by atoms with Crippen molar-refractivity contribution in [2.75, 3.05) is 11.9 Å². The molecule has 1 aromatic rings. The molecule has 1 aliphatic carbocycles. The van der Waals surface area contributed by atoms with E-state index in [1.807, 2.05) is 31.2 Å². The van der Waals surface area contributed by atoms with Gasteiger partial charge in [0, 0.05) is 23.8 Å². The molecule has 1 heterocycles. The highest BCUT2D eigenvalue weighted by Crippen LogP contribution is 2.33. The summed E-state index contributed by atoms with van der Waals surface area (Å²) >= 11 is 0. The average molecular weight is 442 g/mol. The Balaban J connectivity index is 1.90. The molecule has 1 aromatic carbocycles. The number of esters is 1. The van der Waals surface area contributed by atoms with Crippen molar-refractivity contribution in [3.05, 3.63) is 41.1 Å². The Morgan fingerprint density at radius 1 is 1.22 bits per heavy atom. The monoisotopic (exact) mass is 441 g/mol. The third kappa shape index (κ3) is 5.50. The second-order valence-electron chi connectivity index (χ2n) is 8.94. The Hall–Kier alpha value is -2.83. The van der Waals surface area contributed by atoms with Crippen molar-refractivity contribution in [1.29, 1.82) is 0 Å². The van der Waals surface area contributed by atoms with Crippen molar-refractivity contribution in [3.63, 3.8) is 0 Å². The topological polar surface area (TPSA) is 87.7 Å². The first-order valence-corrected chi connectivity index (χ1v) is 11.7. The number of amides is 3. The number of anilines is 1. The van der Waals surface area contributed by atoms with Crippen LogP contribution in [-0.4, -0.2) is 35.5 Å². The van der Waals surface area contributed by atoms with Gasteiger partial charge in [0.2, 0.25) is 5.91 Å². The van der Waals surface area contributed by atoms with E-state index in [1.165, 1.54) is 6.42 Å². The Morgan fingerprint density at radius 2 is 1.94 bits per heavy atom. The Bertz CT molecular complexity index is 887. The van der Waals surface area contributed by atoms with Crippen LogP contribution in [0.4, 0.5) is 10.5 Å². The van der Waals surface area contributed by atoms with Gasteiger partial charge in [-0.3, -0.25) is 9.69 Å². The highest BCUT2D eigenvalue weighted by Gasteiger charge is 2.36. The van der Waals surface area contributed by atoms with Crippen LogP contribution in [0.2, 0.25) is 0 Å². The standard InChI is InChI=1S/C25H35N3O4/c1-5-14-28-17(4)21(24(30)32-16(2)3)22(27-25(28)31)19-12-9-13-20(15-19)26-23(29)18-10-7-6-8-11-18/h9,12-13,15-16,18,22H,5-8,10-11,14H2,1-4H3,(H,26,29)(H,27,31)/t22-/m0/s1. The molecule has 7 heteroatoms. The molecule has 0 saturated heterocycles. The maximum absolute atomic E-state index is 13.0. The van der Waals surface area contributed by atoms with Gasteiger partial charge in [0.1, 0.15) is 0 Å². The summed E-state index contributed by atoms with van der Waals surface area (Å²) < 4.78 is 5.50. The van der Waals surface area contributed by atoms with Crippen LogP contribution in [0.5, 0.6) is 0 Å². The van der Waals surface area contributed by atoms with Crippen molar-refractivity contribution in [2.45, 2.75) is 78.4 Å². The van der Waals surface area contributed by atoms with E-state index < -0.39 is 12.0 Å². The summed E-state index contributed by atoms with van der Waals surface area (Å²) in [6, 6.07) is 6.46. The van der Waals surface area contributed by atoms with E-state index in [0.29, 0.717) is 23.5 Å². The van der Waals surface area contributed by atoms with Gasteiger partial charge in [-0.2, -0.15) is 0 Å². The molecule has 0 radical (unpaired) electrons. The highest BCUT2D eigenvalue weighted by atomic mass is 16.5. The zero-order valence-electron chi connectivity index (χ0n) is 19.6. The van der Waals surface area contributed by atoms with Crippen molar-refractivity contribution < 1.29 is 19.1 Å². The van der Waals surface area contributed by atoms with Gasteiger partial charge in [-0.15, -0.1) is 0 Å². The molecule has 0 aromatic heterocycles. The van der Waals surface area contributed by atoms with Crippen LogP contribution >= 0.6 is 0 Å². The number of ether oxygens (including phenoxy) is 1.